The topological polar surface area (TPSA) is 68.8 Å². The van der Waals surface area contributed by atoms with E-state index in [9.17, 15) is 13.6 Å². The van der Waals surface area contributed by atoms with Crippen LogP contribution in [0.3, 0.4) is 0 Å². The van der Waals surface area contributed by atoms with Crippen LogP contribution in [0, 0.1) is 11.6 Å². The van der Waals surface area contributed by atoms with Crippen molar-refractivity contribution in [2.45, 2.75) is 50.6 Å². The molecule has 2 fully saturated rings. The fourth-order valence-corrected chi connectivity index (χ4v) is 3.84. The van der Waals surface area contributed by atoms with Gasteiger partial charge in [-0.1, -0.05) is 13.0 Å². The molecule has 0 bridgehead atoms. The third-order valence-electron chi connectivity index (χ3n) is 5.57. The number of guanidine groups is 1. The molecule has 3 N–H and O–H groups in total. The zero-order valence-electron chi connectivity index (χ0n) is 17.2. The first kappa shape index (κ1) is 21.5. The van der Waals surface area contributed by atoms with E-state index >= 15 is 0 Å². The SMILES string of the molecule is CCCNC(=O)CN1CCC(NC(=NC)NC2CC2c2c(F)cccc2F)CC1. The number of rotatable bonds is 7. The summed E-state index contributed by atoms with van der Waals surface area (Å²) in [6, 6.07) is 4.24. The number of piperidine rings is 1. The number of amides is 1. The Balaban J connectivity index is 1.42. The van der Waals surface area contributed by atoms with Crippen molar-refractivity contribution in [1.82, 2.24) is 20.9 Å². The molecule has 0 radical (unpaired) electrons. The number of hydrogen-bond acceptors (Lipinski definition) is 3. The van der Waals surface area contributed by atoms with E-state index in [0.717, 1.165) is 38.9 Å². The van der Waals surface area contributed by atoms with E-state index in [0.29, 0.717) is 18.9 Å². The van der Waals surface area contributed by atoms with Gasteiger partial charge in [-0.15, -0.1) is 0 Å². The van der Waals surface area contributed by atoms with Crippen molar-refractivity contribution in [1.29, 1.82) is 0 Å². The number of nitrogens with zero attached hydrogens (tertiary/aromatic N) is 2. The van der Waals surface area contributed by atoms with Gasteiger partial charge in [0.1, 0.15) is 11.6 Å². The van der Waals surface area contributed by atoms with Crippen molar-refractivity contribution in [2.75, 3.05) is 33.2 Å². The Morgan fingerprint density at radius 1 is 1.21 bits per heavy atom. The Hall–Kier alpha value is -2.22. The van der Waals surface area contributed by atoms with Gasteiger partial charge in [0.25, 0.3) is 0 Å². The quantitative estimate of drug-likeness (QED) is 0.478. The van der Waals surface area contributed by atoms with E-state index in [1.165, 1.54) is 18.2 Å². The number of hydrogen-bond donors (Lipinski definition) is 3. The Morgan fingerprint density at radius 2 is 1.90 bits per heavy atom. The molecule has 2 aliphatic rings. The van der Waals surface area contributed by atoms with Gasteiger partial charge in [-0.25, -0.2) is 8.78 Å². The minimum Gasteiger partial charge on any atom is -0.355 e. The van der Waals surface area contributed by atoms with E-state index in [-0.39, 0.29) is 29.5 Å². The maximum absolute atomic E-state index is 14.0. The van der Waals surface area contributed by atoms with Gasteiger partial charge in [-0.2, -0.15) is 0 Å². The maximum Gasteiger partial charge on any atom is 0.234 e. The normalized spacial score (nSPS) is 23.0. The van der Waals surface area contributed by atoms with E-state index in [2.05, 4.69) is 25.8 Å². The fraction of sp³-hybridized carbons (Fsp3) is 0.619. The summed E-state index contributed by atoms with van der Waals surface area (Å²) in [6.07, 6.45) is 3.45. The standard InChI is InChI=1S/C21H31F2N5O/c1-3-9-25-19(29)13-28-10-7-14(8-11-28)26-21(24-2)27-18-12-15(18)20-16(22)5-4-6-17(20)23/h4-6,14-15,18H,3,7-13H2,1-2H3,(H,25,29)(H2,24,26,27). The first-order valence-corrected chi connectivity index (χ1v) is 10.4. The molecule has 1 heterocycles. The fourth-order valence-electron chi connectivity index (χ4n) is 3.84. The van der Waals surface area contributed by atoms with Gasteiger partial charge >= 0.3 is 0 Å². The molecule has 0 aromatic heterocycles. The summed E-state index contributed by atoms with van der Waals surface area (Å²) in [5.74, 6) is -0.405. The van der Waals surface area contributed by atoms with E-state index in [4.69, 9.17) is 0 Å². The van der Waals surface area contributed by atoms with Crippen molar-refractivity contribution >= 4 is 11.9 Å². The molecule has 160 valence electrons. The molecule has 1 amide bonds. The van der Waals surface area contributed by atoms with Gasteiger partial charge in [0.05, 0.1) is 6.54 Å². The highest BCUT2D eigenvalue weighted by Gasteiger charge is 2.42. The predicted molar refractivity (Wildman–Crippen MR) is 110 cm³/mol. The number of carbonyl (C=O) groups excluding carboxylic acids is 1. The summed E-state index contributed by atoms with van der Waals surface area (Å²) in [4.78, 5) is 18.3. The lowest BCUT2D eigenvalue weighted by molar-refractivity contribution is -0.122. The van der Waals surface area contributed by atoms with E-state index in [1.54, 1.807) is 7.05 Å². The zero-order valence-corrected chi connectivity index (χ0v) is 17.2. The second-order valence-electron chi connectivity index (χ2n) is 7.85. The molecule has 0 spiro atoms. The van der Waals surface area contributed by atoms with Crippen LogP contribution >= 0.6 is 0 Å². The third kappa shape index (κ3) is 5.88. The Morgan fingerprint density at radius 3 is 2.52 bits per heavy atom. The number of carbonyl (C=O) groups is 1. The Bertz CT molecular complexity index is 714. The van der Waals surface area contributed by atoms with Crippen molar-refractivity contribution in [3.05, 3.63) is 35.4 Å². The van der Waals surface area contributed by atoms with Crippen LogP contribution in [0.25, 0.3) is 0 Å². The number of aliphatic imine (C=N–C) groups is 1. The average Bonchev–Trinajstić information content (AvgIpc) is 3.45. The summed E-state index contributed by atoms with van der Waals surface area (Å²) < 4.78 is 27.9. The number of halogens is 2. The highest BCUT2D eigenvalue weighted by molar-refractivity contribution is 5.81. The van der Waals surface area contributed by atoms with Crippen LogP contribution in [-0.4, -0.2) is 62.1 Å². The van der Waals surface area contributed by atoms with Gasteiger partial charge < -0.3 is 16.0 Å². The molecule has 1 aliphatic carbocycles. The molecule has 2 atom stereocenters. The van der Waals surface area contributed by atoms with E-state index in [1.807, 2.05) is 6.92 Å². The lowest BCUT2D eigenvalue weighted by atomic mass is 10.1. The minimum absolute atomic E-state index is 0.0186. The predicted octanol–water partition coefficient (Wildman–Crippen LogP) is 1.98. The van der Waals surface area contributed by atoms with Crippen molar-refractivity contribution < 1.29 is 13.6 Å². The highest BCUT2D eigenvalue weighted by atomic mass is 19.1. The monoisotopic (exact) mass is 407 g/mol. The van der Waals surface area contributed by atoms with Crippen molar-refractivity contribution in [2.24, 2.45) is 4.99 Å². The van der Waals surface area contributed by atoms with Gasteiger partial charge in [-0.3, -0.25) is 14.7 Å². The molecule has 1 aromatic carbocycles. The summed E-state index contributed by atoms with van der Waals surface area (Å²) in [5.41, 5.74) is 0.162. The first-order valence-electron chi connectivity index (χ1n) is 10.4. The summed E-state index contributed by atoms with van der Waals surface area (Å²) in [6.45, 7) is 4.89. The average molecular weight is 408 g/mol. The van der Waals surface area contributed by atoms with Crippen LogP contribution in [0.4, 0.5) is 8.78 Å². The molecule has 8 heteroatoms. The van der Waals surface area contributed by atoms with E-state index < -0.39 is 11.6 Å². The smallest absolute Gasteiger partial charge is 0.234 e. The van der Waals surface area contributed by atoms with Crippen LogP contribution in [0.15, 0.2) is 23.2 Å². The number of nitrogens with one attached hydrogen (secondary N) is 3. The molecule has 6 nitrogen and oxygen atoms in total. The zero-order chi connectivity index (χ0) is 20.8. The molecular formula is C21H31F2N5O. The largest absolute Gasteiger partial charge is 0.355 e. The second-order valence-corrected chi connectivity index (χ2v) is 7.85. The summed E-state index contributed by atoms with van der Waals surface area (Å²) >= 11 is 0. The van der Waals surface area contributed by atoms with Gasteiger partial charge in [0.2, 0.25) is 5.91 Å². The number of benzene rings is 1. The Labute approximate surface area is 171 Å². The van der Waals surface area contributed by atoms with Gasteiger partial charge in [0.15, 0.2) is 5.96 Å². The van der Waals surface area contributed by atoms with Crippen LogP contribution in [0.5, 0.6) is 0 Å². The highest BCUT2D eigenvalue weighted by Crippen LogP contribution is 2.43. The van der Waals surface area contributed by atoms with Crippen LogP contribution < -0.4 is 16.0 Å². The third-order valence-corrected chi connectivity index (χ3v) is 5.57. The van der Waals surface area contributed by atoms with Crippen LogP contribution in [0.1, 0.15) is 44.1 Å². The van der Waals surface area contributed by atoms with Crippen molar-refractivity contribution in [3.63, 3.8) is 0 Å². The molecule has 2 unspecified atom stereocenters. The molecule has 1 aliphatic heterocycles. The Kier molecular flexibility index (Phi) is 7.41. The molecule has 1 saturated carbocycles. The summed E-state index contributed by atoms with van der Waals surface area (Å²) in [5, 5.41) is 9.60. The second kappa shape index (κ2) is 10.0. The maximum atomic E-state index is 14.0. The lowest BCUT2D eigenvalue weighted by Crippen LogP contribution is -2.50. The first-order chi connectivity index (χ1) is 14.0. The van der Waals surface area contributed by atoms with Crippen LogP contribution in [-0.2, 0) is 4.79 Å². The van der Waals surface area contributed by atoms with Crippen molar-refractivity contribution in [3.8, 4) is 0 Å². The molecular weight excluding hydrogens is 376 g/mol. The molecule has 1 saturated heterocycles. The van der Waals surface area contributed by atoms with Gasteiger partial charge in [-0.05, 0) is 37.8 Å². The number of likely N-dealkylation sites (tertiary alicyclic amines) is 1. The van der Waals surface area contributed by atoms with Gasteiger partial charge in [0, 0.05) is 50.2 Å². The molecule has 29 heavy (non-hydrogen) atoms. The molecule has 3 rings (SSSR count). The lowest BCUT2D eigenvalue weighted by Gasteiger charge is -2.32. The molecule has 1 aromatic rings. The minimum atomic E-state index is -0.488. The van der Waals surface area contributed by atoms with Crippen LogP contribution in [0.2, 0.25) is 0 Å². The summed E-state index contributed by atoms with van der Waals surface area (Å²) in [7, 11) is 1.70.